The second-order valence-corrected chi connectivity index (χ2v) is 8.03. The molecule has 9 nitrogen and oxygen atoms in total. The van der Waals surface area contributed by atoms with Gasteiger partial charge in [0.05, 0.1) is 6.61 Å². The number of aromatic amines is 1. The fraction of sp³-hybridized carbons (Fsp3) is 0.115. The Morgan fingerprint density at radius 1 is 1.03 bits per heavy atom. The van der Waals surface area contributed by atoms with Crippen LogP contribution in [0.4, 0.5) is 10.5 Å². The number of carbonyl (C=O) groups is 2. The van der Waals surface area contributed by atoms with Crippen molar-refractivity contribution >= 4 is 29.3 Å². The summed E-state index contributed by atoms with van der Waals surface area (Å²) < 4.78 is 16.1. The minimum atomic E-state index is -0.626. The number of anilines is 1. The summed E-state index contributed by atoms with van der Waals surface area (Å²) in [5.41, 5.74) is 3.41. The van der Waals surface area contributed by atoms with E-state index in [2.05, 4.69) is 20.6 Å². The molecular weight excluding hydrogens is 484 g/mol. The number of nitrogens with zero attached hydrogens (tertiary/aromatic N) is 1. The van der Waals surface area contributed by atoms with Gasteiger partial charge in [-0.1, -0.05) is 29.8 Å². The fourth-order valence-corrected chi connectivity index (χ4v) is 3.53. The highest BCUT2D eigenvalue weighted by atomic mass is 35.5. The molecule has 0 saturated carbocycles. The van der Waals surface area contributed by atoms with Gasteiger partial charge in [0, 0.05) is 54.5 Å². The molecule has 2 amide bonds. The molecule has 0 aliphatic carbocycles. The minimum Gasteiger partial charge on any atom is -0.457 e. The minimum absolute atomic E-state index is 0.109. The van der Waals surface area contributed by atoms with Gasteiger partial charge in [-0.15, -0.1) is 0 Å². The highest BCUT2D eigenvalue weighted by Crippen LogP contribution is 2.29. The maximum Gasteiger partial charge on any atom is 0.413 e. The van der Waals surface area contributed by atoms with Gasteiger partial charge in [0.1, 0.15) is 17.2 Å². The summed E-state index contributed by atoms with van der Waals surface area (Å²) in [7, 11) is 3.04. The number of amides is 2. The van der Waals surface area contributed by atoms with Crippen LogP contribution in [-0.4, -0.2) is 36.1 Å². The van der Waals surface area contributed by atoms with Crippen LogP contribution < -0.4 is 20.1 Å². The summed E-state index contributed by atoms with van der Waals surface area (Å²) in [5.74, 6) is 0.801. The molecular formula is C26H23ClN4O5. The van der Waals surface area contributed by atoms with E-state index >= 15 is 0 Å². The van der Waals surface area contributed by atoms with Crippen LogP contribution in [0.3, 0.4) is 0 Å². The summed E-state index contributed by atoms with van der Waals surface area (Å²) in [6.45, 7) is 0.340. The Labute approximate surface area is 212 Å². The normalized spacial score (nSPS) is 10.5. The lowest BCUT2D eigenvalue weighted by atomic mass is 10.1. The van der Waals surface area contributed by atoms with Crippen LogP contribution in [0.2, 0.25) is 5.02 Å². The molecule has 0 unspecified atom stereocenters. The average molecular weight is 507 g/mol. The molecule has 0 fully saturated rings. The van der Waals surface area contributed by atoms with Gasteiger partial charge in [0.2, 0.25) is 5.88 Å². The Kier molecular flexibility index (Phi) is 7.84. The molecule has 0 bridgehead atoms. The molecule has 0 spiro atoms. The Bertz CT molecular complexity index is 1390. The standard InChI is InChI=1S/C26H23ClN4O5/c1-28-26(33)36-24-13-21(8-9-29-24)35-20-5-3-4-16(10-20)18-11-23(30-14-18)25(32)31-22-12-19(27)7-6-17(22)15-34-2/h3-14,30H,15H2,1-2H3,(H,28,33)(H,31,32). The van der Waals surface area contributed by atoms with Crippen molar-refractivity contribution in [1.29, 1.82) is 0 Å². The van der Waals surface area contributed by atoms with Crippen molar-refractivity contribution < 1.29 is 23.8 Å². The maximum atomic E-state index is 12.9. The third-order valence-corrected chi connectivity index (χ3v) is 5.29. The fourth-order valence-electron chi connectivity index (χ4n) is 3.36. The zero-order valence-electron chi connectivity index (χ0n) is 19.5. The van der Waals surface area contributed by atoms with Crippen LogP contribution in [0, 0.1) is 0 Å². The Hall–Kier alpha value is -4.34. The number of ether oxygens (including phenoxy) is 3. The zero-order chi connectivity index (χ0) is 25.5. The molecule has 0 aliphatic heterocycles. The molecule has 4 rings (SSSR count). The lowest BCUT2D eigenvalue weighted by Gasteiger charge is -2.10. The first kappa shape index (κ1) is 24.8. The first-order valence-electron chi connectivity index (χ1n) is 10.9. The number of hydrogen-bond donors (Lipinski definition) is 3. The van der Waals surface area contributed by atoms with Crippen LogP contribution >= 0.6 is 11.6 Å². The van der Waals surface area contributed by atoms with E-state index in [0.29, 0.717) is 34.5 Å². The molecule has 4 aromatic rings. The summed E-state index contributed by atoms with van der Waals surface area (Å²) in [5, 5.41) is 5.75. The smallest absolute Gasteiger partial charge is 0.413 e. The molecule has 184 valence electrons. The monoisotopic (exact) mass is 506 g/mol. The summed E-state index contributed by atoms with van der Waals surface area (Å²) in [6, 6.07) is 17.5. The second kappa shape index (κ2) is 11.4. The van der Waals surface area contributed by atoms with Gasteiger partial charge in [-0.25, -0.2) is 9.78 Å². The van der Waals surface area contributed by atoms with E-state index in [4.69, 9.17) is 25.8 Å². The van der Waals surface area contributed by atoms with E-state index in [-0.39, 0.29) is 11.8 Å². The Morgan fingerprint density at radius 3 is 2.67 bits per heavy atom. The van der Waals surface area contributed by atoms with E-state index in [1.807, 2.05) is 24.3 Å². The van der Waals surface area contributed by atoms with Crippen LogP contribution in [0.15, 0.2) is 73.1 Å². The van der Waals surface area contributed by atoms with Crippen molar-refractivity contribution in [2.45, 2.75) is 6.61 Å². The largest absolute Gasteiger partial charge is 0.457 e. The van der Waals surface area contributed by atoms with Crippen LogP contribution in [0.1, 0.15) is 16.1 Å². The van der Waals surface area contributed by atoms with E-state index in [0.717, 1.165) is 16.7 Å². The van der Waals surface area contributed by atoms with Gasteiger partial charge >= 0.3 is 6.09 Å². The van der Waals surface area contributed by atoms with Gasteiger partial charge in [-0.2, -0.15) is 0 Å². The molecule has 3 N–H and O–H groups in total. The van der Waals surface area contributed by atoms with Crippen LogP contribution in [0.5, 0.6) is 17.4 Å². The van der Waals surface area contributed by atoms with Gasteiger partial charge in [0.15, 0.2) is 0 Å². The average Bonchev–Trinajstić information content (AvgIpc) is 3.37. The molecule has 0 aliphatic rings. The van der Waals surface area contributed by atoms with Crippen molar-refractivity contribution in [3.63, 3.8) is 0 Å². The first-order valence-corrected chi connectivity index (χ1v) is 11.2. The highest BCUT2D eigenvalue weighted by Gasteiger charge is 2.13. The van der Waals surface area contributed by atoms with E-state index < -0.39 is 6.09 Å². The van der Waals surface area contributed by atoms with E-state index in [1.54, 1.807) is 43.6 Å². The predicted molar refractivity (Wildman–Crippen MR) is 136 cm³/mol. The van der Waals surface area contributed by atoms with Gasteiger partial charge < -0.3 is 29.8 Å². The molecule has 10 heteroatoms. The molecule has 0 saturated heterocycles. The van der Waals surface area contributed by atoms with Gasteiger partial charge in [0.25, 0.3) is 5.91 Å². The Morgan fingerprint density at radius 2 is 1.86 bits per heavy atom. The predicted octanol–water partition coefficient (Wildman–Crippen LogP) is 5.64. The summed E-state index contributed by atoms with van der Waals surface area (Å²) in [4.78, 5) is 31.3. The summed E-state index contributed by atoms with van der Waals surface area (Å²) in [6.07, 6.45) is 2.59. The number of halogens is 1. The molecule has 2 heterocycles. The lowest BCUT2D eigenvalue weighted by Crippen LogP contribution is -2.22. The van der Waals surface area contributed by atoms with Crippen LogP contribution in [-0.2, 0) is 11.3 Å². The second-order valence-electron chi connectivity index (χ2n) is 7.59. The topological polar surface area (TPSA) is 115 Å². The van der Waals surface area contributed by atoms with Gasteiger partial charge in [-0.05, 0) is 42.0 Å². The lowest BCUT2D eigenvalue weighted by molar-refractivity contribution is 0.102. The number of rotatable bonds is 8. The van der Waals surface area contributed by atoms with Crippen molar-refractivity contribution in [1.82, 2.24) is 15.3 Å². The van der Waals surface area contributed by atoms with Crippen LogP contribution in [0.25, 0.3) is 11.1 Å². The number of methoxy groups -OCH3 is 1. The Balaban J connectivity index is 1.48. The molecule has 2 aromatic carbocycles. The molecule has 0 radical (unpaired) electrons. The zero-order valence-corrected chi connectivity index (χ0v) is 20.3. The molecule has 0 atom stereocenters. The van der Waals surface area contributed by atoms with Crippen molar-refractivity contribution in [2.24, 2.45) is 0 Å². The van der Waals surface area contributed by atoms with Crippen molar-refractivity contribution in [3.8, 4) is 28.5 Å². The van der Waals surface area contributed by atoms with Gasteiger partial charge in [-0.3, -0.25) is 4.79 Å². The van der Waals surface area contributed by atoms with E-state index in [1.165, 1.54) is 19.3 Å². The molecule has 2 aromatic heterocycles. The maximum absolute atomic E-state index is 12.9. The third kappa shape index (κ3) is 6.21. The van der Waals surface area contributed by atoms with Crippen molar-refractivity contribution in [2.75, 3.05) is 19.5 Å². The summed E-state index contributed by atoms with van der Waals surface area (Å²) >= 11 is 6.10. The first-order chi connectivity index (χ1) is 17.4. The number of pyridine rings is 1. The number of benzene rings is 2. The number of hydrogen-bond acceptors (Lipinski definition) is 6. The SMILES string of the molecule is CNC(=O)Oc1cc(Oc2cccc(-c3c[nH]c(C(=O)Nc4cc(Cl)ccc4COC)c3)c2)ccn1. The number of nitrogens with one attached hydrogen (secondary N) is 3. The highest BCUT2D eigenvalue weighted by molar-refractivity contribution is 6.31. The third-order valence-electron chi connectivity index (χ3n) is 5.06. The number of carbonyl (C=O) groups excluding carboxylic acids is 2. The van der Waals surface area contributed by atoms with E-state index in [9.17, 15) is 9.59 Å². The van der Waals surface area contributed by atoms with Crippen molar-refractivity contribution in [3.05, 3.63) is 89.3 Å². The number of H-pyrrole nitrogens is 1. The number of aromatic nitrogens is 2. The molecule has 36 heavy (non-hydrogen) atoms. The quantitative estimate of drug-likeness (QED) is 0.285.